The van der Waals surface area contributed by atoms with Gasteiger partial charge in [-0.2, -0.15) is 0 Å². The van der Waals surface area contributed by atoms with Crippen LogP contribution in [0.5, 0.6) is 46.0 Å². The summed E-state index contributed by atoms with van der Waals surface area (Å²) in [5, 5.41) is 48.2. The quantitative estimate of drug-likeness (QED) is 0.116. The first-order valence-corrected chi connectivity index (χ1v) is 13.9. The van der Waals surface area contributed by atoms with Gasteiger partial charge in [0.25, 0.3) is 0 Å². The molecule has 1 heterocycles. The number of hydrogen-bond acceptors (Lipinski definition) is 12. The molecule has 0 atom stereocenters. The molecule has 0 saturated heterocycles. The Morgan fingerprint density at radius 1 is 0.457 bits per heavy atom. The zero-order valence-electron chi connectivity index (χ0n) is 24.3. The van der Waals surface area contributed by atoms with Crippen LogP contribution in [-0.2, 0) is 12.8 Å². The smallest absolute Gasteiger partial charge is 0.318 e. The van der Waals surface area contributed by atoms with E-state index in [0.29, 0.717) is 24.0 Å². The van der Waals surface area contributed by atoms with Crippen LogP contribution in [0.15, 0.2) is 60.7 Å². The Morgan fingerprint density at radius 3 is 0.935 bits per heavy atom. The minimum absolute atomic E-state index is 0.0593. The molecule has 0 saturated carbocycles. The van der Waals surface area contributed by atoms with Gasteiger partial charge >= 0.3 is 22.7 Å². The molecular weight excluding hydrogens is 608 g/mol. The predicted octanol–water partition coefficient (Wildman–Crippen LogP) is 8.71. The second-order valence-corrected chi connectivity index (χ2v) is 9.98. The largest absolute Gasteiger partial charge is 0.450 e. The Morgan fingerprint density at radius 2 is 0.717 bits per heavy atom. The number of hydrogen-bond donors (Lipinski definition) is 0. The number of nitro benzene ring substituents is 4. The maximum atomic E-state index is 12.1. The van der Waals surface area contributed by atoms with Crippen LogP contribution in [-0.4, -0.2) is 19.7 Å². The van der Waals surface area contributed by atoms with Crippen molar-refractivity contribution in [1.29, 1.82) is 0 Å². The molecule has 0 spiro atoms. The summed E-state index contributed by atoms with van der Waals surface area (Å²) in [4.78, 5) is 44.9. The highest BCUT2D eigenvalue weighted by Gasteiger charge is 2.32. The molecule has 8 bridgehead atoms. The maximum absolute atomic E-state index is 12.1. The summed E-state index contributed by atoms with van der Waals surface area (Å²) < 4.78 is 24.1. The van der Waals surface area contributed by atoms with E-state index < -0.39 is 42.4 Å². The number of rotatable bonds is 8. The second-order valence-electron chi connectivity index (χ2n) is 9.98. The first kappa shape index (κ1) is 31.1. The van der Waals surface area contributed by atoms with E-state index in [1.165, 1.54) is 36.4 Å². The summed E-state index contributed by atoms with van der Waals surface area (Å²) in [5.74, 6) is -1.26. The van der Waals surface area contributed by atoms with Crippen molar-refractivity contribution in [1.82, 2.24) is 0 Å². The molecule has 4 aromatic rings. The van der Waals surface area contributed by atoms with E-state index in [1.807, 2.05) is 13.8 Å². The van der Waals surface area contributed by atoms with Crippen LogP contribution >= 0.6 is 0 Å². The van der Waals surface area contributed by atoms with E-state index in [-0.39, 0.29) is 58.8 Å². The molecule has 0 amide bonds. The molecule has 0 radical (unpaired) electrons. The number of benzene rings is 4. The van der Waals surface area contributed by atoms with Gasteiger partial charge in [-0.05, 0) is 37.1 Å². The van der Waals surface area contributed by atoms with Gasteiger partial charge in [0.15, 0.2) is 0 Å². The average molecular weight is 633 g/mol. The molecule has 1 aliphatic heterocycles. The SMILES string of the molecule is CCCc1c2cccc1Oc1cc(c([N+](=O)[O-])cc1[N+](=O)[O-])Oc1cccc(c1CCC)Oc1cc(c([N+](=O)[O-])cc1[N+](=O)[O-])O2. The normalized spacial score (nSPS) is 11.7. The van der Waals surface area contributed by atoms with Gasteiger partial charge in [-0.1, -0.05) is 38.8 Å². The zero-order valence-corrected chi connectivity index (χ0v) is 24.3. The van der Waals surface area contributed by atoms with Gasteiger partial charge in [-0.3, -0.25) is 40.5 Å². The number of nitro groups is 4. The van der Waals surface area contributed by atoms with E-state index in [9.17, 15) is 40.5 Å². The Hall–Kier alpha value is -6.32. The summed E-state index contributed by atoms with van der Waals surface area (Å²) in [6.07, 6.45) is 1.56. The molecule has 0 aromatic heterocycles. The lowest BCUT2D eigenvalue weighted by Crippen LogP contribution is -2.04. The average Bonchev–Trinajstić information content (AvgIpc) is 2.99. The summed E-state index contributed by atoms with van der Waals surface area (Å²) in [6.45, 7) is 3.66. The fraction of sp³-hybridized carbons (Fsp3) is 0.200. The first-order chi connectivity index (χ1) is 22.0. The second kappa shape index (κ2) is 12.7. The monoisotopic (exact) mass is 632 g/mol. The number of fused-ring (bicyclic) bond motifs is 8. The molecule has 1 aliphatic rings. The van der Waals surface area contributed by atoms with Gasteiger partial charge < -0.3 is 18.9 Å². The topological polar surface area (TPSA) is 209 Å². The number of nitrogens with zero attached hydrogens (tertiary/aromatic N) is 4. The molecular formula is C30H24N4O12. The van der Waals surface area contributed by atoms with Crippen molar-refractivity contribution in [2.45, 2.75) is 39.5 Å². The van der Waals surface area contributed by atoms with Crippen molar-refractivity contribution < 1.29 is 38.6 Å². The zero-order chi connectivity index (χ0) is 33.1. The Kier molecular flexibility index (Phi) is 8.61. The summed E-state index contributed by atoms with van der Waals surface area (Å²) in [5.41, 5.74) is -2.16. The molecule has 4 aromatic carbocycles. The van der Waals surface area contributed by atoms with Gasteiger partial charge in [0.05, 0.1) is 19.7 Å². The Balaban J connectivity index is 1.86. The van der Waals surface area contributed by atoms with Crippen molar-refractivity contribution in [3.8, 4) is 46.0 Å². The van der Waals surface area contributed by atoms with Crippen LogP contribution in [0.4, 0.5) is 22.7 Å². The van der Waals surface area contributed by atoms with Gasteiger partial charge in [0, 0.05) is 23.3 Å². The standard InChI is InChI=1S/C30H24N4O12/c1-3-7-17-23-9-5-10-24(17)44-28-16-30(22(34(41)42)14-20(28)32(37)38)46-26-12-6-11-25(18(26)8-4-2)45-29-15-27(43-23)19(31(35)36)13-21(29)33(39)40/h5-6,9-16H,3-4,7-8H2,1-2H3. The fourth-order valence-electron chi connectivity index (χ4n) is 4.92. The van der Waals surface area contributed by atoms with Crippen LogP contribution in [0.1, 0.15) is 37.8 Å². The Bertz CT molecular complexity index is 1660. The van der Waals surface area contributed by atoms with Gasteiger partial charge in [-0.15, -0.1) is 0 Å². The van der Waals surface area contributed by atoms with E-state index in [0.717, 1.165) is 24.3 Å². The molecule has 16 heteroatoms. The summed E-state index contributed by atoms with van der Waals surface area (Å²) in [7, 11) is 0. The lowest BCUT2D eigenvalue weighted by atomic mass is 10.1. The third-order valence-corrected chi connectivity index (χ3v) is 6.93. The molecule has 0 fully saturated rings. The molecule has 0 N–H and O–H groups in total. The van der Waals surface area contributed by atoms with Crippen LogP contribution in [0.2, 0.25) is 0 Å². The highest BCUT2D eigenvalue weighted by atomic mass is 16.6. The van der Waals surface area contributed by atoms with E-state index in [1.54, 1.807) is 0 Å². The number of ether oxygens (including phenoxy) is 4. The molecule has 16 nitrogen and oxygen atoms in total. The van der Waals surface area contributed by atoms with Crippen molar-refractivity contribution >= 4 is 22.7 Å². The molecule has 5 rings (SSSR count). The van der Waals surface area contributed by atoms with Crippen LogP contribution in [0.3, 0.4) is 0 Å². The lowest BCUT2D eigenvalue weighted by molar-refractivity contribution is -0.395. The minimum atomic E-state index is -0.830. The summed E-state index contributed by atoms with van der Waals surface area (Å²) in [6, 6.07) is 12.4. The van der Waals surface area contributed by atoms with Crippen LogP contribution in [0, 0.1) is 40.5 Å². The predicted molar refractivity (Wildman–Crippen MR) is 161 cm³/mol. The molecule has 46 heavy (non-hydrogen) atoms. The van der Waals surface area contributed by atoms with Gasteiger partial charge in [0.1, 0.15) is 35.1 Å². The molecule has 0 aliphatic carbocycles. The van der Waals surface area contributed by atoms with Crippen molar-refractivity contribution in [2.75, 3.05) is 0 Å². The van der Waals surface area contributed by atoms with E-state index in [2.05, 4.69) is 0 Å². The highest BCUT2D eigenvalue weighted by molar-refractivity contribution is 5.66. The van der Waals surface area contributed by atoms with Crippen molar-refractivity contribution in [3.63, 3.8) is 0 Å². The first-order valence-electron chi connectivity index (χ1n) is 13.9. The summed E-state index contributed by atoms with van der Waals surface area (Å²) >= 11 is 0. The lowest BCUT2D eigenvalue weighted by Gasteiger charge is -2.19. The van der Waals surface area contributed by atoms with Crippen molar-refractivity contribution in [3.05, 3.63) is 112 Å². The third kappa shape index (κ3) is 6.03. The van der Waals surface area contributed by atoms with E-state index in [4.69, 9.17) is 18.9 Å². The Labute approximate surface area is 259 Å². The highest BCUT2D eigenvalue weighted by Crippen LogP contribution is 2.48. The fourth-order valence-corrected chi connectivity index (χ4v) is 4.92. The molecule has 0 unspecified atom stereocenters. The molecule has 236 valence electrons. The van der Waals surface area contributed by atoms with Crippen molar-refractivity contribution in [2.24, 2.45) is 0 Å². The van der Waals surface area contributed by atoms with Crippen LogP contribution in [0.25, 0.3) is 0 Å². The maximum Gasteiger partial charge on any atom is 0.318 e. The van der Waals surface area contributed by atoms with Gasteiger partial charge in [0.2, 0.25) is 23.0 Å². The van der Waals surface area contributed by atoms with Crippen LogP contribution < -0.4 is 18.9 Å². The van der Waals surface area contributed by atoms with E-state index >= 15 is 0 Å². The third-order valence-electron chi connectivity index (χ3n) is 6.93. The van der Waals surface area contributed by atoms with Gasteiger partial charge in [-0.25, -0.2) is 0 Å². The minimum Gasteiger partial charge on any atom is -0.450 e.